The molecule has 5 aliphatic rings. The maximum atomic E-state index is 13.2. The molecule has 3 saturated carbocycles. The van der Waals surface area contributed by atoms with Crippen molar-refractivity contribution in [2.45, 2.75) is 44.7 Å². The summed E-state index contributed by atoms with van der Waals surface area (Å²) in [4.78, 5) is 35.2. The molecule has 3 aliphatic carbocycles. The third-order valence-electron chi connectivity index (χ3n) is 8.40. The highest BCUT2D eigenvalue weighted by Gasteiger charge is 2.60. The number of piperazine rings is 1. The van der Waals surface area contributed by atoms with Crippen molar-refractivity contribution in [3.05, 3.63) is 23.9 Å². The number of fused-ring (bicyclic) bond motifs is 3. The molecule has 8 nitrogen and oxygen atoms in total. The van der Waals surface area contributed by atoms with Gasteiger partial charge in [0.2, 0.25) is 5.91 Å². The Hall–Kier alpha value is -2.19. The number of rotatable bonds is 5. The molecular weight excluding hydrogens is 404 g/mol. The van der Waals surface area contributed by atoms with Crippen LogP contribution in [0.2, 0.25) is 0 Å². The van der Waals surface area contributed by atoms with Crippen LogP contribution in [0.25, 0.3) is 0 Å². The van der Waals surface area contributed by atoms with Crippen LogP contribution in [0, 0.1) is 17.3 Å². The van der Waals surface area contributed by atoms with Gasteiger partial charge in [0.25, 0.3) is 5.91 Å². The van der Waals surface area contributed by atoms with Crippen molar-refractivity contribution in [2.24, 2.45) is 17.3 Å². The summed E-state index contributed by atoms with van der Waals surface area (Å²) in [5.41, 5.74) is -0.0358. The second-order valence-electron chi connectivity index (χ2n) is 10.6. The topological polar surface area (TPSA) is 89.6 Å². The molecule has 4 unspecified atom stereocenters. The Morgan fingerprint density at radius 2 is 2.09 bits per heavy atom. The van der Waals surface area contributed by atoms with E-state index in [1.54, 1.807) is 18.3 Å². The number of hydrogen-bond donors (Lipinski definition) is 3. The van der Waals surface area contributed by atoms with Crippen molar-refractivity contribution in [3.63, 3.8) is 0 Å². The summed E-state index contributed by atoms with van der Waals surface area (Å²) in [5, 5.41) is 10.1. The smallest absolute Gasteiger partial charge is 0.256 e. The molecule has 1 aromatic rings. The van der Waals surface area contributed by atoms with Gasteiger partial charge in [-0.2, -0.15) is 0 Å². The van der Waals surface area contributed by atoms with Crippen LogP contribution < -0.4 is 16.0 Å². The average Bonchev–Trinajstić information content (AvgIpc) is 2.77. The van der Waals surface area contributed by atoms with Gasteiger partial charge in [0, 0.05) is 50.8 Å². The van der Waals surface area contributed by atoms with Gasteiger partial charge in [0.1, 0.15) is 11.5 Å². The molecule has 8 heteroatoms. The molecule has 1 saturated heterocycles. The number of likely N-dealkylation sites (N-methyl/N-ethyl adjacent to an activating group) is 1. The first-order valence-electron chi connectivity index (χ1n) is 12.1. The number of anilines is 1. The first-order chi connectivity index (χ1) is 15.4. The maximum Gasteiger partial charge on any atom is 0.256 e. The molecule has 0 aromatic carbocycles. The standard InChI is InChI=1S/C24H36N6O2/c1-23-7-6-17(24(16-23)27-20-18(21(31)28-24)5-3-8-25-20)15-19(23)22(32)26-9-4-10-30-13-11-29(2)12-14-30/h3,5,8,17,19H,4,6-7,9-16H2,1-2H3,(H,25,27)(H,26,32)(H,28,31). The van der Waals surface area contributed by atoms with Crippen LogP contribution in [-0.4, -0.2) is 78.6 Å². The highest BCUT2D eigenvalue weighted by Crippen LogP contribution is 2.58. The van der Waals surface area contributed by atoms with Gasteiger partial charge in [-0.15, -0.1) is 0 Å². The van der Waals surface area contributed by atoms with Crippen LogP contribution in [0.15, 0.2) is 18.3 Å². The number of nitrogens with zero attached hydrogens (tertiary/aromatic N) is 3. The van der Waals surface area contributed by atoms with E-state index in [-0.39, 0.29) is 29.1 Å². The summed E-state index contributed by atoms with van der Waals surface area (Å²) in [5.74, 6) is 1.01. The number of aromatic nitrogens is 1. The molecular formula is C24H36N6O2. The third-order valence-corrected chi connectivity index (χ3v) is 8.40. The monoisotopic (exact) mass is 440 g/mol. The summed E-state index contributed by atoms with van der Waals surface area (Å²) < 4.78 is 0. The Labute approximate surface area is 190 Å². The van der Waals surface area contributed by atoms with Crippen molar-refractivity contribution in [3.8, 4) is 0 Å². The SMILES string of the molecule is CN1CCN(CCCNC(=O)C2CC3CCC2(C)CC32NC(=O)c3cccnc3N2)CC1. The largest absolute Gasteiger partial charge is 0.356 e. The van der Waals surface area contributed by atoms with Gasteiger partial charge < -0.3 is 25.8 Å². The number of pyridine rings is 1. The van der Waals surface area contributed by atoms with E-state index in [1.165, 1.54) is 0 Å². The highest BCUT2D eigenvalue weighted by atomic mass is 16.2. The van der Waals surface area contributed by atoms with E-state index in [2.05, 4.69) is 44.7 Å². The summed E-state index contributed by atoms with van der Waals surface area (Å²) in [7, 11) is 2.17. The molecule has 1 aromatic heterocycles. The number of hydrogen-bond acceptors (Lipinski definition) is 6. The van der Waals surface area contributed by atoms with Gasteiger partial charge in [-0.25, -0.2) is 4.98 Å². The zero-order chi connectivity index (χ0) is 22.3. The summed E-state index contributed by atoms with van der Waals surface area (Å²) in [6.45, 7) is 8.49. The van der Waals surface area contributed by atoms with Crippen LogP contribution in [0.1, 0.15) is 49.4 Å². The van der Waals surface area contributed by atoms with Gasteiger partial charge in [-0.05, 0) is 63.2 Å². The molecule has 2 aliphatic heterocycles. The van der Waals surface area contributed by atoms with Crippen molar-refractivity contribution < 1.29 is 9.59 Å². The fourth-order valence-corrected chi connectivity index (χ4v) is 6.43. The summed E-state index contributed by atoms with van der Waals surface area (Å²) in [6.07, 6.45) is 6.30. The predicted molar refractivity (Wildman–Crippen MR) is 123 cm³/mol. The van der Waals surface area contributed by atoms with E-state index < -0.39 is 5.66 Å². The van der Waals surface area contributed by atoms with Crippen LogP contribution >= 0.6 is 0 Å². The highest BCUT2D eigenvalue weighted by molar-refractivity contribution is 6.01. The van der Waals surface area contributed by atoms with Gasteiger partial charge in [-0.1, -0.05) is 6.92 Å². The van der Waals surface area contributed by atoms with Crippen LogP contribution in [0.5, 0.6) is 0 Å². The molecule has 3 heterocycles. The number of nitrogens with one attached hydrogen (secondary N) is 3. The van der Waals surface area contributed by atoms with E-state index >= 15 is 0 Å². The fourth-order valence-electron chi connectivity index (χ4n) is 6.43. The van der Waals surface area contributed by atoms with Crippen molar-refractivity contribution in [1.29, 1.82) is 0 Å². The van der Waals surface area contributed by atoms with Crippen LogP contribution in [0.3, 0.4) is 0 Å². The number of carbonyl (C=O) groups excluding carboxylic acids is 2. The molecule has 32 heavy (non-hydrogen) atoms. The fraction of sp³-hybridized carbons (Fsp3) is 0.708. The Bertz CT molecular complexity index is 885. The lowest BCUT2D eigenvalue weighted by Gasteiger charge is -2.60. The van der Waals surface area contributed by atoms with Crippen molar-refractivity contribution in [1.82, 2.24) is 25.4 Å². The minimum absolute atomic E-state index is 0.000609. The molecule has 6 rings (SSSR count). The molecule has 1 spiro atoms. The second-order valence-corrected chi connectivity index (χ2v) is 10.6. The Kier molecular flexibility index (Phi) is 5.61. The minimum atomic E-state index is -0.496. The van der Waals surface area contributed by atoms with E-state index in [9.17, 15) is 9.59 Å². The van der Waals surface area contributed by atoms with Crippen molar-refractivity contribution >= 4 is 17.6 Å². The van der Waals surface area contributed by atoms with E-state index in [0.717, 1.165) is 71.4 Å². The first-order valence-corrected chi connectivity index (χ1v) is 12.1. The first kappa shape index (κ1) is 21.6. The van der Waals surface area contributed by atoms with Gasteiger partial charge in [0.05, 0.1) is 5.56 Å². The van der Waals surface area contributed by atoms with E-state index in [0.29, 0.717) is 11.4 Å². The predicted octanol–water partition coefficient (Wildman–Crippen LogP) is 1.51. The quantitative estimate of drug-likeness (QED) is 0.602. The molecule has 4 atom stereocenters. The minimum Gasteiger partial charge on any atom is -0.356 e. The average molecular weight is 441 g/mol. The van der Waals surface area contributed by atoms with Crippen LogP contribution in [0.4, 0.5) is 5.82 Å². The van der Waals surface area contributed by atoms with E-state index in [4.69, 9.17) is 0 Å². The number of amides is 2. The lowest BCUT2D eigenvalue weighted by atomic mass is 9.51. The molecule has 2 bridgehead atoms. The third kappa shape index (κ3) is 3.88. The molecule has 174 valence electrons. The lowest BCUT2D eigenvalue weighted by molar-refractivity contribution is -0.139. The summed E-state index contributed by atoms with van der Waals surface area (Å²) >= 11 is 0. The van der Waals surface area contributed by atoms with Crippen LogP contribution in [-0.2, 0) is 4.79 Å². The second kappa shape index (κ2) is 8.30. The van der Waals surface area contributed by atoms with Gasteiger partial charge in [-0.3, -0.25) is 9.59 Å². The normalized spacial score (nSPS) is 34.6. The molecule has 4 fully saturated rings. The van der Waals surface area contributed by atoms with Gasteiger partial charge in [0.15, 0.2) is 0 Å². The van der Waals surface area contributed by atoms with E-state index in [1.807, 2.05) is 0 Å². The van der Waals surface area contributed by atoms with Crippen molar-refractivity contribution in [2.75, 3.05) is 51.6 Å². The summed E-state index contributed by atoms with van der Waals surface area (Å²) in [6, 6.07) is 3.59. The zero-order valence-electron chi connectivity index (χ0n) is 19.3. The zero-order valence-corrected chi connectivity index (χ0v) is 19.3. The molecule has 2 amide bonds. The Morgan fingerprint density at radius 1 is 1.28 bits per heavy atom. The number of carbonyl (C=O) groups is 2. The van der Waals surface area contributed by atoms with Gasteiger partial charge >= 0.3 is 0 Å². The Morgan fingerprint density at radius 3 is 2.88 bits per heavy atom. The Balaban J connectivity index is 1.19. The lowest BCUT2D eigenvalue weighted by Crippen LogP contribution is -2.70. The molecule has 3 N–H and O–H groups in total. The maximum absolute atomic E-state index is 13.2. The molecule has 0 radical (unpaired) electrons.